The summed E-state index contributed by atoms with van der Waals surface area (Å²) in [5, 5.41) is 3.04. The molecule has 19 heavy (non-hydrogen) atoms. The fourth-order valence-electron chi connectivity index (χ4n) is 1.57. The van der Waals surface area contributed by atoms with Crippen molar-refractivity contribution in [2.45, 2.75) is 24.1 Å². The molecule has 0 saturated carbocycles. The molecule has 0 aliphatic rings. The van der Waals surface area contributed by atoms with Gasteiger partial charge in [-0.15, -0.1) is 0 Å². The molecule has 0 fully saturated rings. The van der Waals surface area contributed by atoms with Crippen LogP contribution in [0.25, 0.3) is 11.0 Å². The summed E-state index contributed by atoms with van der Waals surface area (Å²) in [4.78, 5) is 31.4. The van der Waals surface area contributed by atoms with Crippen LogP contribution in [-0.4, -0.2) is 37.6 Å². The number of hydrogen-bond donors (Lipinski definition) is 1. The molecule has 8 heteroatoms. The lowest BCUT2D eigenvalue weighted by Gasteiger charge is -2.09. The average Bonchev–Trinajstić information content (AvgIpc) is 2.67. The molecular weight excluding hydrogens is 268 g/mol. The van der Waals surface area contributed by atoms with Gasteiger partial charge in [-0.25, -0.2) is 9.97 Å². The second-order valence-corrected chi connectivity index (χ2v) is 5.22. The minimum Gasteiger partial charge on any atom is -0.465 e. The van der Waals surface area contributed by atoms with Crippen LogP contribution in [0.2, 0.25) is 0 Å². The van der Waals surface area contributed by atoms with Crippen molar-refractivity contribution in [2.24, 2.45) is 7.05 Å². The molecule has 7 nitrogen and oxygen atoms in total. The van der Waals surface area contributed by atoms with Gasteiger partial charge in [0.15, 0.2) is 5.52 Å². The van der Waals surface area contributed by atoms with Crippen molar-refractivity contribution in [3.63, 3.8) is 0 Å². The topological polar surface area (TPSA) is 89.9 Å². The molecule has 0 amide bonds. The van der Waals surface area contributed by atoms with Gasteiger partial charge in [0.25, 0.3) is 5.56 Å². The minimum atomic E-state index is -0.401. The van der Waals surface area contributed by atoms with Gasteiger partial charge in [0.2, 0.25) is 0 Å². The Labute approximate surface area is 113 Å². The average molecular weight is 282 g/mol. The molecule has 0 aromatic carbocycles. The van der Waals surface area contributed by atoms with Crippen LogP contribution in [0.5, 0.6) is 0 Å². The Bertz CT molecular complexity index is 663. The van der Waals surface area contributed by atoms with Crippen molar-refractivity contribution >= 4 is 28.8 Å². The van der Waals surface area contributed by atoms with E-state index in [1.807, 2.05) is 0 Å². The first-order valence-electron chi connectivity index (χ1n) is 5.77. The molecule has 0 saturated heterocycles. The van der Waals surface area contributed by atoms with E-state index in [-0.39, 0.29) is 11.5 Å². The van der Waals surface area contributed by atoms with Crippen molar-refractivity contribution in [2.75, 3.05) is 6.61 Å². The van der Waals surface area contributed by atoms with Crippen molar-refractivity contribution in [3.8, 4) is 0 Å². The maximum atomic E-state index is 11.7. The van der Waals surface area contributed by atoms with Crippen molar-refractivity contribution < 1.29 is 9.53 Å². The Hall–Kier alpha value is -1.83. The standard InChI is InChI=1S/C11H14N4O3S/c1-4-18-11(17)6(2)19-9-7-8(12-5-13-9)10(16)15(3)14-7/h5-6,14H,4H2,1-3H3. The third kappa shape index (κ3) is 2.62. The van der Waals surface area contributed by atoms with Crippen LogP contribution in [-0.2, 0) is 16.6 Å². The van der Waals surface area contributed by atoms with Crippen molar-refractivity contribution in [1.29, 1.82) is 0 Å². The zero-order valence-corrected chi connectivity index (χ0v) is 11.7. The number of aryl methyl sites for hydroxylation is 1. The molecule has 1 N–H and O–H groups in total. The van der Waals surface area contributed by atoms with Gasteiger partial charge in [0.05, 0.1) is 6.61 Å². The fraction of sp³-hybridized carbons (Fsp3) is 0.455. The van der Waals surface area contributed by atoms with E-state index >= 15 is 0 Å². The highest BCUT2D eigenvalue weighted by atomic mass is 32.2. The van der Waals surface area contributed by atoms with Crippen LogP contribution in [0.4, 0.5) is 0 Å². The van der Waals surface area contributed by atoms with E-state index in [1.54, 1.807) is 20.9 Å². The number of esters is 1. The SMILES string of the molecule is CCOC(=O)C(C)Sc1ncnc2c(=O)n(C)[nH]c12. The highest BCUT2D eigenvalue weighted by Crippen LogP contribution is 2.26. The number of rotatable bonds is 4. The van der Waals surface area contributed by atoms with Crippen LogP contribution in [0.1, 0.15) is 13.8 Å². The molecule has 102 valence electrons. The molecule has 1 atom stereocenters. The molecule has 1 unspecified atom stereocenters. The minimum absolute atomic E-state index is 0.219. The van der Waals surface area contributed by atoms with E-state index in [0.717, 1.165) is 0 Å². The van der Waals surface area contributed by atoms with Gasteiger partial charge in [-0.2, -0.15) is 0 Å². The maximum absolute atomic E-state index is 11.7. The van der Waals surface area contributed by atoms with Gasteiger partial charge >= 0.3 is 5.97 Å². The first-order valence-corrected chi connectivity index (χ1v) is 6.65. The Morgan fingerprint density at radius 2 is 2.32 bits per heavy atom. The number of carbonyl (C=O) groups excluding carboxylic acids is 1. The highest BCUT2D eigenvalue weighted by molar-refractivity contribution is 8.00. The van der Waals surface area contributed by atoms with Crippen LogP contribution in [0.15, 0.2) is 16.1 Å². The van der Waals surface area contributed by atoms with E-state index in [1.165, 1.54) is 22.8 Å². The summed E-state index contributed by atoms with van der Waals surface area (Å²) in [6, 6.07) is 0. The second-order valence-electron chi connectivity index (χ2n) is 3.89. The number of nitrogens with zero attached hydrogens (tertiary/aromatic N) is 3. The lowest BCUT2D eigenvalue weighted by molar-refractivity contribution is -0.142. The normalized spacial score (nSPS) is 12.6. The molecule has 2 heterocycles. The zero-order valence-electron chi connectivity index (χ0n) is 10.8. The van der Waals surface area contributed by atoms with Gasteiger partial charge in [0, 0.05) is 7.05 Å². The van der Waals surface area contributed by atoms with Crippen LogP contribution < -0.4 is 5.56 Å². The smallest absolute Gasteiger partial charge is 0.319 e. The number of fused-ring (bicyclic) bond motifs is 1. The first kappa shape index (κ1) is 13.6. The predicted octanol–water partition coefficient (Wildman–Crippen LogP) is 0.700. The summed E-state index contributed by atoms with van der Waals surface area (Å²) < 4.78 is 6.27. The second kappa shape index (κ2) is 5.43. The predicted molar refractivity (Wildman–Crippen MR) is 71.1 cm³/mol. The number of ether oxygens (including phenoxy) is 1. The Balaban J connectivity index is 2.33. The lowest BCUT2D eigenvalue weighted by atomic mass is 10.5. The lowest BCUT2D eigenvalue weighted by Crippen LogP contribution is -2.16. The molecule has 2 aromatic heterocycles. The monoisotopic (exact) mass is 282 g/mol. The summed E-state index contributed by atoms with van der Waals surface area (Å²) in [5.74, 6) is -0.308. The Kier molecular flexibility index (Phi) is 3.89. The number of thioether (sulfide) groups is 1. The van der Waals surface area contributed by atoms with Gasteiger partial charge in [-0.1, -0.05) is 11.8 Å². The van der Waals surface area contributed by atoms with Crippen molar-refractivity contribution in [3.05, 3.63) is 16.7 Å². The number of aromatic amines is 1. The van der Waals surface area contributed by atoms with Crippen LogP contribution in [0.3, 0.4) is 0 Å². The highest BCUT2D eigenvalue weighted by Gasteiger charge is 2.19. The number of H-pyrrole nitrogens is 1. The largest absolute Gasteiger partial charge is 0.465 e. The fourth-order valence-corrected chi connectivity index (χ4v) is 2.44. The van der Waals surface area contributed by atoms with Gasteiger partial charge in [-0.05, 0) is 13.8 Å². The van der Waals surface area contributed by atoms with Crippen molar-refractivity contribution in [1.82, 2.24) is 19.7 Å². The Morgan fingerprint density at radius 1 is 1.58 bits per heavy atom. The van der Waals surface area contributed by atoms with E-state index in [4.69, 9.17) is 4.74 Å². The summed E-state index contributed by atoms with van der Waals surface area (Å²) in [6.07, 6.45) is 1.32. The van der Waals surface area contributed by atoms with E-state index in [9.17, 15) is 9.59 Å². The molecular formula is C11H14N4O3S. The summed E-state index contributed by atoms with van der Waals surface area (Å²) in [6.45, 7) is 3.83. The molecule has 2 aromatic rings. The molecule has 0 radical (unpaired) electrons. The zero-order chi connectivity index (χ0) is 14.0. The first-order chi connectivity index (χ1) is 9.04. The quantitative estimate of drug-likeness (QED) is 0.504. The van der Waals surface area contributed by atoms with E-state index in [2.05, 4.69) is 15.1 Å². The molecule has 0 bridgehead atoms. The van der Waals surface area contributed by atoms with E-state index in [0.29, 0.717) is 22.7 Å². The summed E-state index contributed by atoms with van der Waals surface area (Å²) in [5.41, 5.74) is 0.634. The van der Waals surface area contributed by atoms with Gasteiger partial charge in [0.1, 0.15) is 22.1 Å². The molecule has 0 spiro atoms. The number of aromatic nitrogens is 4. The molecule has 0 aliphatic carbocycles. The molecule has 2 rings (SSSR count). The maximum Gasteiger partial charge on any atom is 0.319 e. The van der Waals surface area contributed by atoms with E-state index < -0.39 is 5.25 Å². The number of nitrogens with one attached hydrogen (secondary N) is 1. The third-order valence-electron chi connectivity index (χ3n) is 2.51. The van der Waals surface area contributed by atoms with Gasteiger partial charge in [-0.3, -0.25) is 19.4 Å². The Morgan fingerprint density at radius 3 is 3.00 bits per heavy atom. The summed E-state index contributed by atoms with van der Waals surface area (Å²) in [7, 11) is 1.60. The van der Waals surface area contributed by atoms with Gasteiger partial charge < -0.3 is 4.74 Å². The summed E-state index contributed by atoms with van der Waals surface area (Å²) >= 11 is 1.23. The third-order valence-corrected chi connectivity index (χ3v) is 3.58. The number of hydrogen-bond acceptors (Lipinski definition) is 6. The van der Waals surface area contributed by atoms with Crippen LogP contribution >= 0.6 is 11.8 Å². The number of carbonyl (C=O) groups is 1. The molecule has 0 aliphatic heterocycles. The van der Waals surface area contributed by atoms with Crippen LogP contribution in [0, 0.1) is 0 Å².